The van der Waals surface area contributed by atoms with E-state index < -0.39 is 0 Å². The highest BCUT2D eigenvalue weighted by Gasteiger charge is 2.26. The average molecular weight is 150 g/mol. The fraction of sp³-hybridized carbons (Fsp3) is 1.00. The van der Waals surface area contributed by atoms with E-state index in [4.69, 9.17) is 0 Å². The van der Waals surface area contributed by atoms with E-state index in [0.29, 0.717) is 18.3 Å². The highest BCUT2D eigenvalue weighted by Crippen LogP contribution is 2.23. The molecule has 0 aromatic carbocycles. The zero-order valence-electron chi connectivity index (χ0n) is 5.43. The molecular formula is C5H11FN2S. The summed E-state index contributed by atoms with van der Waals surface area (Å²) in [6.07, 6.45) is 0. The Morgan fingerprint density at radius 2 is 2.44 bits per heavy atom. The van der Waals surface area contributed by atoms with Gasteiger partial charge in [-0.15, -0.1) is 3.89 Å². The summed E-state index contributed by atoms with van der Waals surface area (Å²) in [5, 5.41) is 3.06. The number of rotatable bonds is 3. The van der Waals surface area contributed by atoms with Crippen molar-refractivity contribution in [3.8, 4) is 0 Å². The van der Waals surface area contributed by atoms with Gasteiger partial charge in [0.25, 0.3) is 0 Å². The van der Waals surface area contributed by atoms with Gasteiger partial charge in [-0.25, -0.2) is 4.31 Å². The summed E-state index contributed by atoms with van der Waals surface area (Å²) >= 11 is 0.347. The molecule has 1 N–H and O–H groups in total. The molecule has 0 aliphatic carbocycles. The van der Waals surface area contributed by atoms with Crippen molar-refractivity contribution in [1.82, 2.24) is 9.62 Å². The van der Waals surface area contributed by atoms with Crippen LogP contribution in [-0.2, 0) is 0 Å². The number of halogens is 1. The van der Waals surface area contributed by atoms with Crippen LogP contribution < -0.4 is 5.32 Å². The Kier molecular flexibility index (Phi) is 2.75. The molecule has 0 amide bonds. The van der Waals surface area contributed by atoms with Crippen LogP contribution in [0.15, 0.2) is 0 Å². The molecule has 1 aliphatic rings. The number of hydrogen-bond acceptors (Lipinski definition) is 3. The van der Waals surface area contributed by atoms with Crippen LogP contribution in [0, 0.1) is 5.92 Å². The van der Waals surface area contributed by atoms with Gasteiger partial charge in [-0.2, -0.15) is 0 Å². The van der Waals surface area contributed by atoms with Crippen LogP contribution in [0.2, 0.25) is 0 Å². The van der Waals surface area contributed by atoms with E-state index in [1.807, 2.05) is 7.05 Å². The highest BCUT2D eigenvalue weighted by atomic mass is 32.2. The molecule has 0 aromatic rings. The smallest absolute Gasteiger partial charge is 0.134 e. The Morgan fingerprint density at radius 3 is 2.89 bits per heavy atom. The Hall–Kier alpha value is 0.200. The maximum atomic E-state index is 11.7. The van der Waals surface area contributed by atoms with Gasteiger partial charge in [-0.05, 0) is 13.0 Å². The van der Waals surface area contributed by atoms with Crippen molar-refractivity contribution >= 4 is 12.3 Å². The normalized spacial score (nSPS) is 22.0. The minimum atomic E-state index is 0.347. The fourth-order valence-corrected chi connectivity index (χ4v) is 1.53. The Bertz CT molecular complexity index is 85.0. The minimum Gasteiger partial charge on any atom is -0.319 e. The summed E-state index contributed by atoms with van der Waals surface area (Å²) in [7, 11) is 1.92. The molecule has 0 aromatic heterocycles. The quantitative estimate of drug-likeness (QED) is 0.595. The van der Waals surface area contributed by atoms with Crippen molar-refractivity contribution < 1.29 is 3.89 Å². The molecule has 4 heteroatoms. The third-order valence-electron chi connectivity index (χ3n) is 1.51. The van der Waals surface area contributed by atoms with Crippen molar-refractivity contribution in [3.05, 3.63) is 0 Å². The van der Waals surface area contributed by atoms with Gasteiger partial charge < -0.3 is 5.32 Å². The fourth-order valence-electron chi connectivity index (χ4n) is 0.997. The van der Waals surface area contributed by atoms with Gasteiger partial charge in [-0.3, -0.25) is 0 Å². The maximum Gasteiger partial charge on any atom is 0.134 e. The van der Waals surface area contributed by atoms with Gasteiger partial charge in [0, 0.05) is 19.6 Å². The Morgan fingerprint density at radius 1 is 1.78 bits per heavy atom. The summed E-state index contributed by atoms with van der Waals surface area (Å²) in [6.45, 7) is 2.79. The van der Waals surface area contributed by atoms with Crippen LogP contribution in [-0.4, -0.2) is 31.0 Å². The third-order valence-corrected chi connectivity index (χ3v) is 2.01. The molecule has 1 saturated heterocycles. The monoisotopic (exact) mass is 150 g/mol. The number of nitrogens with one attached hydrogen (secondary N) is 1. The van der Waals surface area contributed by atoms with Gasteiger partial charge in [0.1, 0.15) is 12.3 Å². The van der Waals surface area contributed by atoms with E-state index in [2.05, 4.69) is 5.32 Å². The Balaban J connectivity index is 1.98. The number of hydrogen-bond donors (Lipinski definition) is 1. The first-order valence-electron chi connectivity index (χ1n) is 3.05. The van der Waals surface area contributed by atoms with Gasteiger partial charge >= 0.3 is 0 Å². The molecule has 9 heavy (non-hydrogen) atoms. The predicted molar refractivity (Wildman–Crippen MR) is 37.7 cm³/mol. The van der Waals surface area contributed by atoms with Crippen molar-refractivity contribution in [2.45, 2.75) is 0 Å². The molecule has 1 fully saturated rings. The molecule has 0 saturated carbocycles. The first-order chi connectivity index (χ1) is 4.36. The van der Waals surface area contributed by atoms with Crippen LogP contribution in [0.5, 0.6) is 0 Å². The summed E-state index contributed by atoms with van der Waals surface area (Å²) in [5.41, 5.74) is 0. The van der Waals surface area contributed by atoms with E-state index in [0.717, 1.165) is 19.6 Å². The van der Waals surface area contributed by atoms with E-state index in [1.54, 1.807) is 4.31 Å². The maximum absolute atomic E-state index is 11.7. The van der Waals surface area contributed by atoms with E-state index >= 15 is 0 Å². The topological polar surface area (TPSA) is 15.3 Å². The molecule has 0 spiro atoms. The van der Waals surface area contributed by atoms with Gasteiger partial charge in [0.2, 0.25) is 0 Å². The first kappa shape index (κ1) is 7.31. The molecule has 1 rings (SSSR count). The summed E-state index contributed by atoms with van der Waals surface area (Å²) < 4.78 is 13.4. The Labute approximate surface area is 59.2 Å². The van der Waals surface area contributed by atoms with Crippen LogP contribution in [0.1, 0.15) is 0 Å². The van der Waals surface area contributed by atoms with Gasteiger partial charge in [0.05, 0.1) is 0 Å². The van der Waals surface area contributed by atoms with Gasteiger partial charge in [-0.1, -0.05) is 0 Å². The van der Waals surface area contributed by atoms with Crippen LogP contribution in [0.3, 0.4) is 0 Å². The average Bonchev–Trinajstić information content (AvgIpc) is 1.77. The summed E-state index contributed by atoms with van der Waals surface area (Å²) in [4.78, 5) is 0. The second-order valence-electron chi connectivity index (χ2n) is 2.34. The van der Waals surface area contributed by atoms with E-state index in [1.165, 1.54) is 0 Å². The highest BCUT2D eigenvalue weighted by molar-refractivity contribution is 7.91. The molecule has 0 atom stereocenters. The summed E-state index contributed by atoms with van der Waals surface area (Å²) in [6, 6.07) is 0. The zero-order valence-corrected chi connectivity index (χ0v) is 6.25. The predicted octanol–water partition coefficient (Wildman–Crippen LogP) is 0.670. The lowest BCUT2D eigenvalue weighted by Crippen LogP contribution is -2.45. The van der Waals surface area contributed by atoms with Gasteiger partial charge in [0.15, 0.2) is 0 Å². The molecule has 54 valence electrons. The van der Waals surface area contributed by atoms with Crippen molar-refractivity contribution in [2.75, 3.05) is 26.7 Å². The zero-order chi connectivity index (χ0) is 6.69. The van der Waals surface area contributed by atoms with Crippen molar-refractivity contribution in [1.29, 1.82) is 0 Å². The first-order valence-corrected chi connectivity index (χ1v) is 3.72. The molecule has 0 unspecified atom stereocenters. The van der Waals surface area contributed by atoms with E-state index in [-0.39, 0.29) is 0 Å². The van der Waals surface area contributed by atoms with Crippen LogP contribution in [0.4, 0.5) is 3.89 Å². The SMILES string of the molecule is CNCC1CN(SF)C1. The molecule has 0 radical (unpaired) electrons. The lowest BCUT2D eigenvalue weighted by Gasteiger charge is -2.34. The lowest BCUT2D eigenvalue weighted by molar-refractivity contribution is 0.213. The molecule has 1 heterocycles. The molecule has 1 aliphatic heterocycles. The standard InChI is InChI=1S/C5H11FN2S/c1-7-2-5-3-8(4-5)9-6/h5,7H,2-4H2,1H3. The molecule has 2 nitrogen and oxygen atoms in total. The van der Waals surface area contributed by atoms with Crippen LogP contribution in [0.25, 0.3) is 0 Å². The van der Waals surface area contributed by atoms with Crippen LogP contribution >= 0.6 is 12.3 Å². The van der Waals surface area contributed by atoms with E-state index in [9.17, 15) is 3.89 Å². The second-order valence-corrected chi connectivity index (χ2v) is 2.99. The number of nitrogens with zero attached hydrogens (tertiary/aromatic N) is 1. The molecular weight excluding hydrogens is 139 g/mol. The lowest BCUT2D eigenvalue weighted by atomic mass is 10.0. The summed E-state index contributed by atoms with van der Waals surface area (Å²) in [5.74, 6) is 0.665. The molecule has 0 bridgehead atoms. The minimum absolute atomic E-state index is 0.347. The second kappa shape index (κ2) is 3.39. The van der Waals surface area contributed by atoms with Crippen molar-refractivity contribution in [3.63, 3.8) is 0 Å². The largest absolute Gasteiger partial charge is 0.319 e. The third kappa shape index (κ3) is 1.81. The van der Waals surface area contributed by atoms with Crippen molar-refractivity contribution in [2.24, 2.45) is 5.92 Å².